The number of carboxylic acid groups (broad SMARTS) is 1. The minimum absolute atomic E-state index is 0.177. The predicted molar refractivity (Wildman–Crippen MR) is 156 cm³/mol. The van der Waals surface area contributed by atoms with Gasteiger partial charge in [0.15, 0.2) is 0 Å². The van der Waals surface area contributed by atoms with Crippen LogP contribution in [0.25, 0.3) is 0 Å². The number of carbonyl (C=O) groups excluding carboxylic acids is 1. The Morgan fingerprint density at radius 3 is 2.50 bits per heavy atom. The second-order valence-electron chi connectivity index (χ2n) is 11.3. The first kappa shape index (κ1) is 28.8. The second-order valence-corrected chi connectivity index (χ2v) is 11.8. The van der Waals surface area contributed by atoms with E-state index in [2.05, 4.69) is 25.0 Å². The van der Waals surface area contributed by atoms with Gasteiger partial charge in [0, 0.05) is 49.3 Å². The second kappa shape index (κ2) is 12.8. The van der Waals surface area contributed by atoms with E-state index < -0.39 is 5.97 Å². The van der Waals surface area contributed by atoms with Gasteiger partial charge in [0.2, 0.25) is 0 Å². The predicted octanol–water partition coefficient (Wildman–Crippen LogP) is 4.37. The number of aromatic carboxylic acids is 1. The van der Waals surface area contributed by atoms with Crippen molar-refractivity contribution in [3.05, 3.63) is 51.9 Å². The third-order valence-electron chi connectivity index (χ3n) is 8.85. The largest absolute Gasteiger partial charge is 0.478 e. The number of nitrogens with one attached hydrogen (secondary N) is 1. The van der Waals surface area contributed by atoms with E-state index in [9.17, 15) is 14.7 Å². The summed E-state index contributed by atoms with van der Waals surface area (Å²) in [5.74, 6) is -0.191. The van der Waals surface area contributed by atoms with Crippen LogP contribution in [0.2, 0.25) is 5.02 Å². The van der Waals surface area contributed by atoms with Crippen LogP contribution in [0.5, 0.6) is 0 Å². The van der Waals surface area contributed by atoms with Crippen LogP contribution < -0.4 is 10.2 Å². The van der Waals surface area contributed by atoms with Gasteiger partial charge >= 0.3 is 5.97 Å². The van der Waals surface area contributed by atoms with Crippen LogP contribution in [0, 0.1) is 6.92 Å². The molecule has 1 amide bonds. The highest BCUT2D eigenvalue weighted by Crippen LogP contribution is 2.35. The van der Waals surface area contributed by atoms with E-state index in [-0.39, 0.29) is 5.91 Å². The molecule has 0 spiro atoms. The fourth-order valence-electron chi connectivity index (χ4n) is 6.94. The normalized spacial score (nSPS) is 22.9. The highest BCUT2D eigenvalue weighted by Gasteiger charge is 2.41. The number of piperidine rings is 1. The van der Waals surface area contributed by atoms with Crippen molar-refractivity contribution in [1.29, 1.82) is 0 Å². The lowest BCUT2D eigenvalue weighted by atomic mass is 9.91. The summed E-state index contributed by atoms with van der Waals surface area (Å²) in [6.07, 6.45) is 9.86. The zero-order chi connectivity index (χ0) is 28.2. The van der Waals surface area contributed by atoms with Gasteiger partial charge in [-0.2, -0.15) is 0 Å². The highest BCUT2D eigenvalue weighted by atomic mass is 35.5. The zero-order valence-electron chi connectivity index (χ0n) is 23.6. The van der Waals surface area contributed by atoms with Gasteiger partial charge in [0.1, 0.15) is 11.5 Å². The van der Waals surface area contributed by atoms with Crippen LogP contribution in [-0.4, -0.2) is 87.6 Å². The van der Waals surface area contributed by atoms with Crippen molar-refractivity contribution in [3.8, 4) is 0 Å². The molecule has 2 aromatic rings. The molecule has 40 heavy (non-hydrogen) atoms. The Bertz CT molecular complexity index is 1220. The topological polar surface area (TPSA) is 102 Å². The molecule has 1 aromatic heterocycles. The number of benzene rings is 1. The molecule has 5 rings (SSSR count). The van der Waals surface area contributed by atoms with Crippen molar-refractivity contribution in [1.82, 2.24) is 25.1 Å². The first-order chi connectivity index (χ1) is 19.4. The van der Waals surface area contributed by atoms with Crippen molar-refractivity contribution in [2.24, 2.45) is 0 Å². The number of fused-ring (bicyclic) bond motifs is 1. The van der Waals surface area contributed by atoms with E-state index in [1.54, 1.807) is 18.3 Å². The number of aromatic nitrogens is 2. The molecule has 0 radical (unpaired) electrons. The van der Waals surface area contributed by atoms with Gasteiger partial charge < -0.3 is 15.3 Å². The van der Waals surface area contributed by atoms with Crippen LogP contribution in [0.15, 0.2) is 24.4 Å². The van der Waals surface area contributed by atoms with Crippen LogP contribution in [0.3, 0.4) is 0 Å². The Morgan fingerprint density at radius 2 is 1.80 bits per heavy atom. The quantitative estimate of drug-likeness (QED) is 0.507. The van der Waals surface area contributed by atoms with Crippen LogP contribution in [-0.2, 0) is 6.54 Å². The average Bonchev–Trinajstić information content (AvgIpc) is 3.21. The number of carbonyl (C=O) groups is 2. The molecule has 2 atom stereocenters. The molecule has 10 heteroatoms. The summed E-state index contributed by atoms with van der Waals surface area (Å²) >= 11 is 6.06. The fourth-order valence-corrected chi connectivity index (χ4v) is 7.12. The molecule has 0 bridgehead atoms. The molecule has 1 saturated carbocycles. The molecule has 3 aliphatic rings. The van der Waals surface area contributed by atoms with E-state index in [4.69, 9.17) is 16.6 Å². The van der Waals surface area contributed by atoms with Crippen molar-refractivity contribution in [2.45, 2.75) is 83.5 Å². The lowest BCUT2D eigenvalue weighted by molar-refractivity contribution is 0.0417. The van der Waals surface area contributed by atoms with E-state index in [1.165, 1.54) is 25.7 Å². The molecule has 3 heterocycles. The van der Waals surface area contributed by atoms with E-state index in [1.807, 2.05) is 19.9 Å². The average molecular weight is 569 g/mol. The maximum absolute atomic E-state index is 12.3. The number of rotatable bonds is 7. The van der Waals surface area contributed by atoms with Gasteiger partial charge in [0.25, 0.3) is 5.91 Å². The molecule has 1 aliphatic carbocycles. The zero-order valence-corrected chi connectivity index (χ0v) is 24.4. The lowest BCUT2D eigenvalue weighted by Gasteiger charge is -2.52. The van der Waals surface area contributed by atoms with Crippen LogP contribution in [0.4, 0.5) is 5.82 Å². The summed E-state index contributed by atoms with van der Waals surface area (Å²) in [5.41, 5.74) is 2.31. The summed E-state index contributed by atoms with van der Waals surface area (Å²) in [6, 6.07) is 6.58. The number of likely N-dealkylation sites (tertiary alicyclic amines) is 1. The minimum Gasteiger partial charge on any atom is -0.478 e. The van der Waals surface area contributed by atoms with Crippen molar-refractivity contribution in [2.75, 3.05) is 37.6 Å². The summed E-state index contributed by atoms with van der Waals surface area (Å²) in [4.78, 5) is 41.1. The van der Waals surface area contributed by atoms with Gasteiger partial charge in [0.05, 0.1) is 17.5 Å². The number of hydrogen-bond acceptors (Lipinski definition) is 7. The number of amides is 1. The van der Waals surface area contributed by atoms with Crippen LogP contribution >= 0.6 is 11.6 Å². The van der Waals surface area contributed by atoms with Gasteiger partial charge in [-0.25, -0.2) is 14.8 Å². The third-order valence-corrected chi connectivity index (χ3v) is 9.09. The molecule has 2 saturated heterocycles. The Kier molecular flexibility index (Phi) is 9.23. The molecule has 9 nitrogen and oxygen atoms in total. The van der Waals surface area contributed by atoms with Gasteiger partial charge in [-0.1, -0.05) is 36.9 Å². The fraction of sp³-hybridized carbons (Fsp3) is 0.600. The number of nitrogens with zero attached hydrogens (tertiary/aromatic N) is 5. The Labute approximate surface area is 241 Å². The number of anilines is 1. The van der Waals surface area contributed by atoms with E-state index >= 15 is 0 Å². The Hall–Kier alpha value is -2.75. The monoisotopic (exact) mass is 568 g/mol. The molecule has 3 fully saturated rings. The summed E-state index contributed by atoms with van der Waals surface area (Å²) in [7, 11) is 0. The number of aryl methyl sites for hydroxylation is 1. The molecule has 2 aliphatic heterocycles. The first-order valence-corrected chi connectivity index (χ1v) is 15.1. The third kappa shape index (κ3) is 6.26. The molecular formula is C30H41ClN6O3. The van der Waals surface area contributed by atoms with Gasteiger partial charge in [-0.05, 0) is 70.3 Å². The minimum atomic E-state index is -0.927. The summed E-state index contributed by atoms with van der Waals surface area (Å²) in [5, 5.41) is 12.9. The SMILES string of the molecule is CCNC(=O)c1cnc(N2CCN(C3CCN(Cc4ccc(Cl)cc4C(=O)O)CC3)[C@H]3CCCCC[C@H]32)c(C)n1. The van der Waals surface area contributed by atoms with Gasteiger partial charge in [-0.15, -0.1) is 0 Å². The molecule has 0 unspecified atom stereocenters. The number of piperazine rings is 1. The van der Waals surface area contributed by atoms with Crippen LogP contribution in [0.1, 0.15) is 84.0 Å². The maximum Gasteiger partial charge on any atom is 0.336 e. The molecular weight excluding hydrogens is 528 g/mol. The van der Waals surface area contributed by atoms with Crippen molar-refractivity contribution < 1.29 is 14.7 Å². The van der Waals surface area contributed by atoms with Crippen molar-refractivity contribution in [3.63, 3.8) is 0 Å². The van der Waals surface area contributed by atoms with E-state index in [0.29, 0.717) is 47.5 Å². The number of carboxylic acids is 1. The lowest BCUT2D eigenvalue weighted by Crippen LogP contribution is -2.63. The number of halogens is 1. The molecule has 216 valence electrons. The first-order valence-electron chi connectivity index (χ1n) is 14.7. The van der Waals surface area contributed by atoms with E-state index in [0.717, 1.165) is 62.5 Å². The van der Waals surface area contributed by atoms with Gasteiger partial charge in [-0.3, -0.25) is 14.6 Å². The summed E-state index contributed by atoms with van der Waals surface area (Å²) < 4.78 is 0. The molecule has 1 aromatic carbocycles. The van der Waals surface area contributed by atoms with Crippen molar-refractivity contribution >= 4 is 29.3 Å². The summed E-state index contributed by atoms with van der Waals surface area (Å²) in [6.45, 7) is 8.87. The Balaban J connectivity index is 1.26. The Morgan fingerprint density at radius 1 is 1.05 bits per heavy atom. The highest BCUT2D eigenvalue weighted by molar-refractivity contribution is 6.31. The maximum atomic E-state index is 12.3. The molecule has 2 N–H and O–H groups in total. The smallest absolute Gasteiger partial charge is 0.336 e. The number of hydrogen-bond donors (Lipinski definition) is 2. The standard InChI is InChI=1S/C30H41ClN6O3/c1-3-32-29(38)25-18-33-28(20(2)34-25)37-16-15-36(26-7-5-4-6-8-27(26)37)23-11-13-35(14-12-23)19-21-9-10-22(31)17-24(21)30(39)40/h9-10,17-18,23,26-27H,3-8,11-16,19H2,1-2H3,(H,32,38)(H,39,40)/t26-,27+/m0/s1.